The van der Waals surface area contributed by atoms with E-state index in [9.17, 15) is 22.8 Å². The lowest BCUT2D eigenvalue weighted by atomic mass is 10.1. The van der Waals surface area contributed by atoms with Crippen molar-refractivity contribution in [3.63, 3.8) is 0 Å². The van der Waals surface area contributed by atoms with E-state index in [1.165, 1.54) is 24.3 Å². The Kier molecular flexibility index (Phi) is 4.17. The Hall–Kier alpha value is -1.50. The zero-order chi connectivity index (χ0) is 13.1. The van der Waals surface area contributed by atoms with Gasteiger partial charge in [0.25, 0.3) is 0 Å². The normalized spacial score (nSPS) is 11.2. The topological polar surface area (TPSA) is 54.4 Å². The van der Waals surface area contributed by atoms with Gasteiger partial charge >= 0.3 is 11.5 Å². The third-order valence-corrected chi connectivity index (χ3v) is 2.50. The summed E-state index contributed by atoms with van der Waals surface area (Å²) in [6.07, 6.45) is -0.327. The first-order valence-corrected chi connectivity index (χ1v) is 5.20. The smallest absolute Gasteiger partial charge is 0.446 e. The van der Waals surface area contributed by atoms with Crippen molar-refractivity contribution in [2.75, 3.05) is 0 Å². The number of ketones is 1. The van der Waals surface area contributed by atoms with Gasteiger partial charge in [0, 0.05) is 11.3 Å². The molecular weight excluding hydrogens is 257 g/mol. The molecule has 0 saturated heterocycles. The van der Waals surface area contributed by atoms with E-state index in [0.717, 1.165) is 0 Å². The summed E-state index contributed by atoms with van der Waals surface area (Å²) in [5, 5.41) is 8.35. The van der Waals surface area contributed by atoms with E-state index >= 15 is 0 Å². The summed E-state index contributed by atoms with van der Waals surface area (Å²) >= 11 is -0.267. The quantitative estimate of drug-likeness (QED) is 0.670. The van der Waals surface area contributed by atoms with Gasteiger partial charge in [-0.15, -0.1) is 0 Å². The standard InChI is InChI=1S/C10H7F3O3S/c11-10(12,13)17-7-3-1-6(2-4-7)5-8(14)9(15)16/h1-4H,5H2,(H,15,16). The van der Waals surface area contributed by atoms with Gasteiger partial charge in [-0.05, 0) is 29.5 Å². The van der Waals surface area contributed by atoms with Crippen LogP contribution in [0.1, 0.15) is 5.56 Å². The predicted octanol–water partition coefficient (Wildman–Crippen LogP) is 2.49. The minimum absolute atomic E-state index is 0.0102. The highest BCUT2D eigenvalue weighted by Gasteiger charge is 2.29. The number of benzene rings is 1. The molecule has 7 heteroatoms. The molecule has 0 spiro atoms. The second kappa shape index (κ2) is 5.22. The number of thioether (sulfide) groups is 1. The first-order chi connectivity index (χ1) is 7.78. The van der Waals surface area contributed by atoms with Crippen molar-refractivity contribution in [1.82, 2.24) is 0 Å². The Morgan fingerprint density at radius 2 is 1.71 bits per heavy atom. The molecule has 0 radical (unpaired) electrons. The lowest BCUT2D eigenvalue weighted by Crippen LogP contribution is -2.14. The molecule has 1 aromatic carbocycles. The molecule has 3 nitrogen and oxygen atoms in total. The van der Waals surface area contributed by atoms with Crippen LogP contribution in [0.15, 0.2) is 29.2 Å². The largest absolute Gasteiger partial charge is 0.475 e. The maximum Gasteiger partial charge on any atom is 0.446 e. The van der Waals surface area contributed by atoms with E-state index in [1.807, 2.05) is 0 Å². The fraction of sp³-hybridized carbons (Fsp3) is 0.200. The van der Waals surface area contributed by atoms with Crippen molar-refractivity contribution in [1.29, 1.82) is 0 Å². The molecule has 0 fully saturated rings. The summed E-state index contributed by atoms with van der Waals surface area (Å²) < 4.78 is 36.0. The maximum absolute atomic E-state index is 12.0. The Balaban J connectivity index is 2.68. The predicted molar refractivity (Wildman–Crippen MR) is 54.7 cm³/mol. The van der Waals surface area contributed by atoms with Crippen LogP contribution in [0.4, 0.5) is 13.2 Å². The van der Waals surface area contributed by atoms with Gasteiger partial charge in [0.05, 0.1) is 0 Å². The van der Waals surface area contributed by atoms with Gasteiger partial charge in [0.15, 0.2) is 0 Å². The number of rotatable bonds is 4. The van der Waals surface area contributed by atoms with Crippen LogP contribution in [0.2, 0.25) is 0 Å². The number of hydrogen-bond donors (Lipinski definition) is 1. The molecule has 1 aromatic rings. The zero-order valence-electron chi connectivity index (χ0n) is 8.32. The first kappa shape index (κ1) is 13.6. The van der Waals surface area contributed by atoms with Gasteiger partial charge in [-0.2, -0.15) is 13.2 Å². The van der Waals surface area contributed by atoms with Crippen molar-refractivity contribution in [2.45, 2.75) is 16.8 Å². The monoisotopic (exact) mass is 264 g/mol. The minimum Gasteiger partial charge on any atom is -0.475 e. The number of carboxylic acid groups (broad SMARTS) is 1. The number of Topliss-reactive ketones (excluding diaryl/α,β-unsaturated/α-hetero) is 1. The van der Waals surface area contributed by atoms with E-state index in [4.69, 9.17) is 5.11 Å². The number of alkyl halides is 3. The van der Waals surface area contributed by atoms with Crippen LogP contribution >= 0.6 is 11.8 Å². The molecule has 0 atom stereocenters. The Bertz CT molecular complexity index is 425. The van der Waals surface area contributed by atoms with E-state index in [1.54, 1.807) is 0 Å². The molecule has 0 bridgehead atoms. The SMILES string of the molecule is O=C(O)C(=O)Cc1ccc(SC(F)(F)F)cc1. The van der Waals surface area contributed by atoms with Crippen molar-refractivity contribution in [3.05, 3.63) is 29.8 Å². The fourth-order valence-electron chi connectivity index (χ4n) is 1.07. The fourth-order valence-corrected chi connectivity index (χ4v) is 1.61. The molecule has 0 amide bonds. The average Bonchev–Trinajstić information content (AvgIpc) is 2.18. The zero-order valence-corrected chi connectivity index (χ0v) is 9.14. The summed E-state index contributed by atoms with van der Waals surface area (Å²) in [4.78, 5) is 21.1. The summed E-state index contributed by atoms with van der Waals surface area (Å²) in [6, 6.07) is 5.00. The van der Waals surface area contributed by atoms with Crippen molar-refractivity contribution < 1.29 is 27.9 Å². The molecule has 0 aliphatic rings. The van der Waals surface area contributed by atoms with Gasteiger partial charge in [0.1, 0.15) is 0 Å². The van der Waals surface area contributed by atoms with Crippen molar-refractivity contribution in [2.24, 2.45) is 0 Å². The maximum atomic E-state index is 12.0. The first-order valence-electron chi connectivity index (χ1n) is 4.39. The number of carboxylic acids is 1. The van der Waals surface area contributed by atoms with Crippen LogP contribution in [0.25, 0.3) is 0 Å². The van der Waals surface area contributed by atoms with Gasteiger partial charge < -0.3 is 5.11 Å². The highest BCUT2D eigenvalue weighted by atomic mass is 32.2. The average molecular weight is 264 g/mol. The van der Waals surface area contributed by atoms with Gasteiger partial charge in [-0.3, -0.25) is 4.79 Å². The highest BCUT2D eigenvalue weighted by molar-refractivity contribution is 8.00. The van der Waals surface area contributed by atoms with E-state index in [-0.39, 0.29) is 23.1 Å². The lowest BCUT2D eigenvalue weighted by Gasteiger charge is -2.05. The molecule has 1 rings (SSSR count). The second-order valence-electron chi connectivity index (χ2n) is 3.10. The van der Waals surface area contributed by atoms with Crippen LogP contribution in [0.5, 0.6) is 0 Å². The molecule has 0 aliphatic heterocycles. The van der Waals surface area contributed by atoms with Crippen LogP contribution in [-0.2, 0) is 16.0 Å². The van der Waals surface area contributed by atoms with E-state index in [0.29, 0.717) is 5.56 Å². The molecule has 92 valence electrons. The van der Waals surface area contributed by atoms with Crippen LogP contribution in [0, 0.1) is 0 Å². The summed E-state index contributed by atoms with van der Waals surface area (Å²) in [5.74, 6) is -2.56. The summed E-state index contributed by atoms with van der Waals surface area (Å²) in [7, 11) is 0. The lowest BCUT2D eigenvalue weighted by molar-refractivity contribution is -0.148. The summed E-state index contributed by atoms with van der Waals surface area (Å²) in [6.45, 7) is 0. The van der Waals surface area contributed by atoms with Crippen LogP contribution in [0.3, 0.4) is 0 Å². The molecular formula is C10H7F3O3S. The minimum atomic E-state index is -4.36. The molecule has 0 aliphatic carbocycles. The third kappa shape index (κ3) is 4.90. The Morgan fingerprint density at radius 3 is 2.12 bits per heavy atom. The number of hydrogen-bond acceptors (Lipinski definition) is 3. The van der Waals surface area contributed by atoms with Crippen LogP contribution in [-0.4, -0.2) is 22.4 Å². The highest BCUT2D eigenvalue weighted by Crippen LogP contribution is 2.36. The molecule has 0 saturated carbocycles. The molecule has 0 unspecified atom stereocenters. The van der Waals surface area contributed by atoms with Gasteiger partial charge in [-0.1, -0.05) is 12.1 Å². The number of aliphatic carboxylic acids is 1. The number of carbonyl (C=O) groups excluding carboxylic acids is 1. The second-order valence-corrected chi connectivity index (χ2v) is 4.24. The number of halogens is 3. The van der Waals surface area contributed by atoms with E-state index in [2.05, 4.69) is 0 Å². The number of carbonyl (C=O) groups is 2. The molecule has 0 heterocycles. The Morgan fingerprint density at radius 1 is 1.18 bits per heavy atom. The molecule has 1 N–H and O–H groups in total. The van der Waals surface area contributed by atoms with E-state index < -0.39 is 17.3 Å². The van der Waals surface area contributed by atoms with Gasteiger partial charge in [-0.25, -0.2) is 4.79 Å². The molecule has 17 heavy (non-hydrogen) atoms. The molecule has 0 aromatic heterocycles. The van der Waals surface area contributed by atoms with Gasteiger partial charge in [0.2, 0.25) is 5.78 Å². The van der Waals surface area contributed by atoms with Crippen molar-refractivity contribution in [3.8, 4) is 0 Å². The third-order valence-electron chi connectivity index (χ3n) is 1.76. The summed E-state index contributed by atoms with van der Waals surface area (Å²) in [5.41, 5.74) is -4.00. The van der Waals surface area contributed by atoms with Crippen LogP contribution < -0.4 is 0 Å². The van der Waals surface area contributed by atoms with Crippen molar-refractivity contribution >= 4 is 23.5 Å². The Labute approximate surface area is 98.6 Å².